The molecule has 0 unspecified atom stereocenters. The van der Waals surface area contributed by atoms with Crippen molar-refractivity contribution >= 4 is 5.91 Å². The first kappa shape index (κ1) is 14.1. The number of rotatable bonds is 4. The Hall–Kier alpha value is -2.36. The van der Waals surface area contributed by atoms with Crippen molar-refractivity contribution in [3.05, 3.63) is 65.0 Å². The Labute approximate surface area is 117 Å². The van der Waals surface area contributed by atoms with Gasteiger partial charge >= 0.3 is 0 Å². The first-order chi connectivity index (χ1) is 9.60. The molecule has 0 saturated heterocycles. The molecular formula is C16H16FNO2. The normalized spacial score (nSPS) is 10.2. The van der Waals surface area contributed by atoms with E-state index in [0.29, 0.717) is 17.7 Å². The van der Waals surface area contributed by atoms with Gasteiger partial charge in [-0.25, -0.2) is 4.39 Å². The van der Waals surface area contributed by atoms with Gasteiger partial charge in [-0.05, 0) is 48.4 Å². The predicted octanol–water partition coefficient (Wildman–Crippen LogP) is 3.07. The molecule has 2 rings (SSSR count). The quantitative estimate of drug-likeness (QED) is 0.929. The minimum Gasteiger partial charge on any atom is -0.497 e. The minimum atomic E-state index is -0.339. The maximum atomic E-state index is 13.0. The first-order valence-corrected chi connectivity index (χ1v) is 6.27. The zero-order chi connectivity index (χ0) is 14.5. The molecule has 0 bridgehead atoms. The van der Waals surface area contributed by atoms with Gasteiger partial charge in [-0.3, -0.25) is 4.79 Å². The summed E-state index contributed by atoms with van der Waals surface area (Å²) in [7, 11) is 1.61. The van der Waals surface area contributed by atoms with Crippen LogP contribution >= 0.6 is 0 Å². The van der Waals surface area contributed by atoms with Gasteiger partial charge in [0.1, 0.15) is 11.6 Å². The number of carbonyl (C=O) groups excluding carboxylic acids is 1. The molecule has 1 N–H and O–H groups in total. The number of nitrogens with one attached hydrogen (secondary N) is 1. The van der Waals surface area contributed by atoms with E-state index < -0.39 is 0 Å². The second-order valence-corrected chi connectivity index (χ2v) is 4.49. The van der Waals surface area contributed by atoms with Gasteiger partial charge in [-0.1, -0.05) is 12.1 Å². The zero-order valence-electron chi connectivity index (χ0n) is 11.4. The van der Waals surface area contributed by atoms with Crippen LogP contribution < -0.4 is 10.1 Å². The summed E-state index contributed by atoms with van der Waals surface area (Å²) in [6, 6.07) is 11.6. The molecule has 20 heavy (non-hydrogen) atoms. The van der Waals surface area contributed by atoms with Crippen LogP contribution in [0.1, 0.15) is 21.5 Å². The van der Waals surface area contributed by atoms with Crippen LogP contribution in [-0.4, -0.2) is 13.0 Å². The molecule has 0 spiro atoms. The third-order valence-corrected chi connectivity index (χ3v) is 3.05. The standard InChI is InChI=1S/C16H16FNO2/c1-11-9-13(17)5-8-15(11)16(19)18-10-12-3-6-14(20-2)7-4-12/h3-9H,10H2,1-2H3,(H,18,19). The minimum absolute atomic E-state index is 0.210. The van der Waals surface area contributed by atoms with E-state index in [1.807, 2.05) is 24.3 Å². The van der Waals surface area contributed by atoms with E-state index in [1.54, 1.807) is 14.0 Å². The number of carbonyl (C=O) groups is 1. The molecule has 0 aliphatic rings. The average Bonchev–Trinajstić information content (AvgIpc) is 2.45. The molecule has 0 aromatic heterocycles. The molecule has 1 amide bonds. The monoisotopic (exact) mass is 273 g/mol. The highest BCUT2D eigenvalue weighted by molar-refractivity contribution is 5.95. The van der Waals surface area contributed by atoms with Crippen molar-refractivity contribution in [3.63, 3.8) is 0 Å². The lowest BCUT2D eigenvalue weighted by atomic mass is 10.1. The van der Waals surface area contributed by atoms with Crippen LogP contribution in [0.25, 0.3) is 0 Å². The summed E-state index contributed by atoms with van der Waals surface area (Å²) < 4.78 is 18.1. The van der Waals surface area contributed by atoms with Crippen LogP contribution in [0.4, 0.5) is 4.39 Å². The molecule has 0 fully saturated rings. The van der Waals surface area contributed by atoms with Crippen LogP contribution in [-0.2, 0) is 6.54 Å². The van der Waals surface area contributed by atoms with Gasteiger partial charge in [-0.15, -0.1) is 0 Å². The maximum Gasteiger partial charge on any atom is 0.251 e. The highest BCUT2D eigenvalue weighted by Gasteiger charge is 2.09. The van der Waals surface area contributed by atoms with Crippen molar-refractivity contribution in [2.75, 3.05) is 7.11 Å². The largest absolute Gasteiger partial charge is 0.497 e. The lowest BCUT2D eigenvalue weighted by molar-refractivity contribution is 0.0950. The van der Waals surface area contributed by atoms with Crippen molar-refractivity contribution in [1.29, 1.82) is 0 Å². The van der Waals surface area contributed by atoms with Crippen LogP contribution in [0.15, 0.2) is 42.5 Å². The van der Waals surface area contributed by atoms with Crippen LogP contribution in [0.2, 0.25) is 0 Å². The van der Waals surface area contributed by atoms with Crippen molar-refractivity contribution in [1.82, 2.24) is 5.32 Å². The second kappa shape index (κ2) is 6.19. The number of halogens is 1. The number of hydrogen-bond acceptors (Lipinski definition) is 2. The fraction of sp³-hybridized carbons (Fsp3) is 0.188. The number of hydrogen-bond donors (Lipinski definition) is 1. The van der Waals surface area contributed by atoms with Gasteiger partial charge < -0.3 is 10.1 Å². The van der Waals surface area contributed by atoms with Crippen molar-refractivity contribution in [2.24, 2.45) is 0 Å². The number of benzene rings is 2. The highest BCUT2D eigenvalue weighted by atomic mass is 19.1. The third kappa shape index (κ3) is 3.35. The van der Waals surface area contributed by atoms with E-state index in [1.165, 1.54) is 18.2 Å². The Bertz CT molecular complexity index is 608. The van der Waals surface area contributed by atoms with E-state index in [4.69, 9.17) is 4.74 Å². The molecule has 3 nitrogen and oxygen atoms in total. The van der Waals surface area contributed by atoms with Gasteiger partial charge in [0.25, 0.3) is 5.91 Å². The van der Waals surface area contributed by atoms with E-state index >= 15 is 0 Å². The molecule has 0 radical (unpaired) electrons. The predicted molar refractivity (Wildman–Crippen MR) is 75.3 cm³/mol. The number of methoxy groups -OCH3 is 1. The molecule has 0 aliphatic carbocycles. The van der Waals surface area contributed by atoms with Crippen LogP contribution in [0.3, 0.4) is 0 Å². The Morgan fingerprint density at radius 1 is 1.20 bits per heavy atom. The number of ether oxygens (including phenoxy) is 1. The molecule has 0 saturated carbocycles. The Morgan fingerprint density at radius 3 is 2.50 bits per heavy atom. The Morgan fingerprint density at radius 2 is 1.90 bits per heavy atom. The summed E-state index contributed by atoms with van der Waals surface area (Å²) in [4.78, 5) is 12.0. The number of amides is 1. The zero-order valence-corrected chi connectivity index (χ0v) is 11.4. The van der Waals surface area contributed by atoms with E-state index in [2.05, 4.69) is 5.32 Å². The molecule has 2 aromatic carbocycles. The van der Waals surface area contributed by atoms with Crippen molar-refractivity contribution in [2.45, 2.75) is 13.5 Å². The first-order valence-electron chi connectivity index (χ1n) is 6.27. The molecule has 2 aromatic rings. The van der Waals surface area contributed by atoms with E-state index in [9.17, 15) is 9.18 Å². The Balaban J connectivity index is 2.00. The third-order valence-electron chi connectivity index (χ3n) is 3.05. The van der Waals surface area contributed by atoms with E-state index in [0.717, 1.165) is 11.3 Å². The van der Waals surface area contributed by atoms with Gasteiger partial charge in [0.2, 0.25) is 0 Å². The lowest BCUT2D eigenvalue weighted by Crippen LogP contribution is -2.23. The molecule has 0 aliphatic heterocycles. The number of aryl methyl sites for hydroxylation is 1. The maximum absolute atomic E-state index is 13.0. The van der Waals surface area contributed by atoms with Crippen LogP contribution in [0, 0.1) is 12.7 Å². The summed E-state index contributed by atoms with van der Waals surface area (Å²) in [5, 5.41) is 2.81. The SMILES string of the molecule is COc1ccc(CNC(=O)c2ccc(F)cc2C)cc1. The van der Waals surface area contributed by atoms with E-state index in [-0.39, 0.29) is 11.7 Å². The lowest BCUT2D eigenvalue weighted by Gasteiger charge is -2.08. The molecule has 104 valence electrons. The van der Waals surface area contributed by atoms with Crippen molar-refractivity contribution in [3.8, 4) is 5.75 Å². The summed E-state index contributed by atoms with van der Waals surface area (Å²) in [6.45, 7) is 2.13. The van der Waals surface area contributed by atoms with Gasteiger partial charge in [0, 0.05) is 12.1 Å². The second-order valence-electron chi connectivity index (χ2n) is 4.49. The molecule has 4 heteroatoms. The molecule has 0 atom stereocenters. The summed E-state index contributed by atoms with van der Waals surface area (Å²) in [6.07, 6.45) is 0. The molecule has 0 heterocycles. The van der Waals surface area contributed by atoms with Gasteiger partial charge in [0.05, 0.1) is 7.11 Å². The fourth-order valence-electron chi connectivity index (χ4n) is 1.90. The fourth-order valence-corrected chi connectivity index (χ4v) is 1.90. The molecular weight excluding hydrogens is 257 g/mol. The smallest absolute Gasteiger partial charge is 0.251 e. The average molecular weight is 273 g/mol. The van der Waals surface area contributed by atoms with Gasteiger partial charge in [-0.2, -0.15) is 0 Å². The topological polar surface area (TPSA) is 38.3 Å². The van der Waals surface area contributed by atoms with Crippen molar-refractivity contribution < 1.29 is 13.9 Å². The summed E-state index contributed by atoms with van der Waals surface area (Å²) in [5.41, 5.74) is 2.08. The Kier molecular flexibility index (Phi) is 4.35. The highest BCUT2D eigenvalue weighted by Crippen LogP contribution is 2.12. The summed E-state index contributed by atoms with van der Waals surface area (Å²) >= 11 is 0. The van der Waals surface area contributed by atoms with Gasteiger partial charge in [0.15, 0.2) is 0 Å². The summed E-state index contributed by atoms with van der Waals surface area (Å²) in [5.74, 6) is 0.224. The van der Waals surface area contributed by atoms with Crippen LogP contribution in [0.5, 0.6) is 5.75 Å².